The number of esters is 1. The van der Waals surface area contributed by atoms with Crippen LogP contribution in [0.4, 0.5) is 0 Å². The largest absolute Gasteiger partial charge is 0.493 e. The average molecular weight is 625 g/mol. The Morgan fingerprint density at radius 2 is 1.45 bits per heavy atom. The van der Waals surface area contributed by atoms with Crippen LogP contribution in [-0.4, -0.2) is 54.7 Å². The summed E-state index contributed by atoms with van der Waals surface area (Å²) in [6.45, 7) is 4.85. The van der Waals surface area contributed by atoms with E-state index >= 15 is 0 Å². The van der Waals surface area contributed by atoms with E-state index in [0.29, 0.717) is 58.3 Å². The molecule has 44 heavy (non-hydrogen) atoms. The Morgan fingerprint density at radius 1 is 0.795 bits per heavy atom. The zero-order valence-corrected chi connectivity index (χ0v) is 27.2. The lowest BCUT2D eigenvalue weighted by Crippen LogP contribution is -2.19. The van der Waals surface area contributed by atoms with E-state index in [1.54, 1.807) is 41.6 Å². The van der Waals surface area contributed by atoms with Crippen molar-refractivity contribution in [1.82, 2.24) is 0 Å². The minimum absolute atomic E-state index is 0.173. The number of carbonyl (C=O) groups excluding carboxylic acids is 1. The van der Waals surface area contributed by atoms with Gasteiger partial charge in [0, 0.05) is 23.6 Å². The zero-order chi connectivity index (χ0) is 31.8. The molecule has 0 amide bonds. The van der Waals surface area contributed by atoms with E-state index in [-0.39, 0.29) is 19.1 Å². The minimum atomic E-state index is -0.424. The Kier molecular flexibility index (Phi) is 11.3. The van der Waals surface area contributed by atoms with Gasteiger partial charge in [-0.2, -0.15) is 0 Å². The molecule has 0 aromatic heterocycles. The van der Waals surface area contributed by atoms with Crippen molar-refractivity contribution in [2.75, 3.05) is 48.8 Å². The summed E-state index contributed by atoms with van der Waals surface area (Å²) in [5, 5.41) is 0.453. The number of rotatable bonds is 12. The minimum Gasteiger partial charge on any atom is -0.493 e. The summed E-state index contributed by atoms with van der Waals surface area (Å²) < 4.78 is 41.0. The van der Waals surface area contributed by atoms with E-state index in [1.807, 2.05) is 36.4 Å². The van der Waals surface area contributed by atoms with Gasteiger partial charge in [0.25, 0.3) is 0 Å². The maximum atomic E-state index is 12.3. The Bertz CT molecular complexity index is 1480. The third kappa shape index (κ3) is 6.86. The van der Waals surface area contributed by atoms with Crippen LogP contribution in [0.5, 0.6) is 34.5 Å². The fourth-order valence-corrected chi connectivity index (χ4v) is 5.89. The average Bonchev–Trinajstić information content (AvgIpc) is 3.03. The lowest BCUT2D eigenvalue weighted by atomic mass is 9.77. The van der Waals surface area contributed by atoms with E-state index in [4.69, 9.17) is 44.8 Å². The van der Waals surface area contributed by atoms with Gasteiger partial charge in [0.05, 0.1) is 53.8 Å². The summed E-state index contributed by atoms with van der Waals surface area (Å²) in [5.41, 5.74) is 4.34. The second-order valence-corrected chi connectivity index (χ2v) is 11.1. The standard InChI is InChI=1S/C35H41ClO8/c1-21-18-24-20-26(38-3)31(39-4)32(40-5)28(24)29-25(19-22(21)2)30(36)34(41-6)35(42-7)33(29)44-17-11-16-43-27(37)15-14-23-12-9-8-10-13-23/h8-10,12-15,20-22H,11,16-19H2,1-7H3/b15-14+. The number of methoxy groups -OCH3 is 5. The van der Waals surface area contributed by atoms with Gasteiger partial charge in [-0.1, -0.05) is 55.8 Å². The van der Waals surface area contributed by atoms with Crippen LogP contribution in [0.3, 0.4) is 0 Å². The molecule has 4 rings (SSSR count). The first-order valence-corrected chi connectivity index (χ1v) is 15.0. The Morgan fingerprint density at radius 3 is 2.09 bits per heavy atom. The molecule has 0 aliphatic heterocycles. The number of ether oxygens (including phenoxy) is 7. The van der Waals surface area contributed by atoms with Crippen molar-refractivity contribution >= 4 is 23.6 Å². The molecule has 0 radical (unpaired) electrons. The van der Waals surface area contributed by atoms with E-state index < -0.39 is 5.97 Å². The third-order valence-electron chi connectivity index (χ3n) is 8.01. The van der Waals surface area contributed by atoms with Crippen LogP contribution in [-0.2, 0) is 22.4 Å². The first-order valence-electron chi connectivity index (χ1n) is 14.6. The van der Waals surface area contributed by atoms with Crippen LogP contribution in [0, 0.1) is 11.8 Å². The molecule has 236 valence electrons. The first-order chi connectivity index (χ1) is 21.3. The topological polar surface area (TPSA) is 81.7 Å². The second-order valence-electron chi connectivity index (χ2n) is 10.7. The van der Waals surface area contributed by atoms with Crippen molar-refractivity contribution in [3.8, 4) is 45.6 Å². The second kappa shape index (κ2) is 15.1. The fourth-order valence-electron chi connectivity index (χ4n) is 5.56. The molecule has 1 aliphatic rings. The zero-order valence-electron chi connectivity index (χ0n) is 26.5. The third-order valence-corrected chi connectivity index (χ3v) is 8.41. The van der Waals surface area contributed by atoms with E-state index in [0.717, 1.165) is 34.2 Å². The van der Waals surface area contributed by atoms with Crippen LogP contribution < -0.4 is 28.4 Å². The molecule has 0 fully saturated rings. The van der Waals surface area contributed by atoms with Gasteiger partial charge in [-0.3, -0.25) is 0 Å². The highest BCUT2D eigenvalue weighted by molar-refractivity contribution is 6.34. The molecule has 1 aliphatic carbocycles. The van der Waals surface area contributed by atoms with Crippen LogP contribution >= 0.6 is 11.6 Å². The van der Waals surface area contributed by atoms with Crippen molar-refractivity contribution in [1.29, 1.82) is 0 Å². The monoisotopic (exact) mass is 624 g/mol. The number of benzene rings is 3. The van der Waals surface area contributed by atoms with Crippen molar-refractivity contribution in [3.05, 3.63) is 64.2 Å². The molecule has 3 aromatic rings. The van der Waals surface area contributed by atoms with Gasteiger partial charge in [0.2, 0.25) is 11.5 Å². The van der Waals surface area contributed by atoms with E-state index in [2.05, 4.69) is 13.8 Å². The molecule has 0 bridgehead atoms. The van der Waals surface area contributed by atoms with Gasteiger partial charge in [-0.25, -0.2) is 4.79 Å². The van der Waals surface area contributed by atoms with Crippen molar-refractivity contribution in [2.24, 2.45) is 11.8 Å². The van der Waals surface area contributed by atoms with Crippen LogP contribution in [0.15, 0.2) is 42.5 Å². The normalized spacial score (nSPS) is 15.8. The summed E-state index contributed by atoms with van der Waals surface area (Å²) >= 11 is 7.09. The number of carbonyl (C=O) groups is 1. The Labute approximate surface area is 264 Å². The van der Waals surface area contributed by atoms with Gasteiger partial charge in [0.1, 0.15) is 0 Å². The number of halogens is 1. The molecular weight excluding hydrogens is 584 g/mol. The summed E-state index contributed by atoms with van der Waals surface area (Å²) in [6, 6.07) is 11.6. The SMILES string of the molecule is COc1cc2c(c(OC)c1OC)-c1c(c(Cl)c(OC)c(OC)c1OCCCOC(=O)/C=C/c1ccccc1)CC(C)C(C)C2. The summed E-state index contributed by atoms with van der Waals surface area (Å²) in [4.78, 5) is 12.3. The summed E-state index contributed by atoms with van der Waals surface area (Å²) in [5.74, 6) is 2.95. The lowest BCUT2D eigenvalue weighted by molar-refractivity contribution is -0.137. The molecular formula is C35H41ClO8. The number of hydrogen-bond donors (Lipinski definition) is 0. The fraction of sp³-hybridized carbons (Fsp3) is 0.400. The van der Waals surface area contributed by atoms with E-state index in [9.17, 15) is 4.79 Å². The molecule has 2 unspecified atom stereocenters. The van der Waals surface area contributed by atoms with Gasteiger partial charge in [-0.15, -0.1) is 0 Å². The predicted octanol–water partition coefficient (Wildman–Crippen LogP) is 7.45. The van der Waals surface area contributed by atoms with Crippen molar-refractivity contribution in [2.45, 2.75) is 33.1 Å². The Balaban J connectivity index is 1.74. The van der Waals surface area contributed by atoms with Gasteiger partial charge < -0.3 is 33.2 Å². The summed E-state index contributed by atoms with van der Waals surface area (Å²) in [7, 11) is 7.90. The van der Waals surface area contributed by atoms with Crippen LogP contribution in [0.2, 0.25) is 5.02 Å². The highest BCUT2D eigenvalue weighted by Gasteiger charge is 2.35. The highest BCUT2D eigenvalue weighted by atomic mass is 35.5. The maximum Gasteiger partial charge on any atom is 0.330 e. The lowest BCUT2D eigenvalue weighted by Gasteiger charge is -2.31. The van der Waals surface area contributed by atoms with Gasteiger partial charge in [0.15, 0.2) is 23.0 Å². The smallest absolute Gasteiger partial charge is 0.330 e. The van der Waals surface area contributed by atoms with E-state index in [1.165, 1.54) is 6.08 Å². The molecule has 0 spiro atoms. The van der Waals surface area contributed by atoms with Crippen molar-refractivity contribution < 1.29 is 38.0 Å². The van der Waals surface area contributed by atoms with Crippen LogP contribution in [0.25, 0.3) is 17.2 Å². The molecule has 3 aromatic carbocycles. The molecule has 8 nitrogen and oxygen atoms in total. The molecule has 0 saturated carbocycles. The Hall–Kier alpha value is -4.04. The van der Waals surface area contributed by atoms with Crippen molar-refractivity contribution in [3.63, 3.8) is 0 Å². The van der Waals surface area contributed by atoms with Crippen LogP contribution in [0.1, 0.15) is 37.0 Å². The summed E-state index contributed by atoms with van der Waals surface area (Å²) in [6.07, 6.45) is 5.02. The number of hydrogen-bond acceptors (Lipinski definition) is 8. The quantitative estimate of drug-likeness (QED) is 0.117. The number of fused-ring (bicyclic) bond motifs is 3. The molecule has 0 N–H and O–H groups in total. The first kappa shape index (κ1) is 32.9. The molecule has 2 atom stereocenters. The molecule has 0 saturated heterocycles. The predicted molar refractivity (Wildman–Crippen MR) is 172 cm³/mol. The highest BCUT2D eigenvalue weighted by Crippen LogP contribution is 2.58. The van der Waals surface area contributed by atoms with Gasteiger partial charge in [-0.05, 0) is 53.5 Å². The van der Waals surface area contributed by atoms with Gasteiger partial charge >= 0.3 is 5.97 Å². The molecule has 0 heterocycles. The molecule has 9 heteroatoms. The maximum absolute atomic E-state index is 12.3.